The molecule has 2 aromatic rings. The molecule has 0 unspecified atom stereocenters. The van der Waals surface area contributed by atoms with Crippen LogP contribution in [0.5, 0.6) is 5.75 Å². The van der Waals surface area contributed by atoms with Gasteiger partial charge in [-0.15, -0.1) is 0 Å². The summed E-state index contributed by atoms with van der Waals surface area (Å²) >= 11 is 0. The van der Waals surface area contributed by atoms with Crippen LogP contribution in [0.15, 0.2) is 36.4 Å². The van der Waals surface area contributed by atoms with Crippen LogP contribution in [0.25, 0.3) is 11.3 Å². The number of aryl methyl sites for hydroxylation is 1. The van der Waals surface area contributed by atoms with Crippen molar-refractivity contribution in [1.29, 1.82) is 0 Å². The minimum absolute atomic E-state index is 0.328. The van der Waals surface area contributed by atoms with Crippen LogP contribution in [-0.4, -0.2) is 9.67 Å². The highest BCUT2D eigenvalue weighted by molar-refractivity contribution is 5.61. The predicted molar refractivity (Wildman–Crippen MR) is 113 cm³/mol. The van der Waals surface area contributed by atoms with Crippen molar-refractivity contribution in [2.24, 2.45) is 0 Å². The van der Waals surface area contributed by atoms with Gasteiger partial charge in [0.2, 0.25) is 0 Å². The highest BCUT2D eigenvalue weighted by Gasteiger charge is 2.07. The smallest absolute Gasteiger partial charge is 0.115 e. The molecule has 2 rings (SSSR count). The van der Waals surface area contributed by atoms with Gasteiger partial charge in [0.15, 0.2) is 0 Å². The molecular weight excluding hydrogens is 318 g/mol. The number of benzene rings is 1. The quantitative estimate of drug-likeness (QED) is 0.370. The van der Waals surface area contributed by atoms with Crippen molar-refractivity contribution in [2.75, 3.05) is 0 Å². The van der Waals surface area contributed by atoms with Crippen LogP contribution in [0.3, 0.4) is 0 Å². The number of phenolic OH excluding ortho intramolecular Hbond substituents is 1. The normalized spacial score (nSPS) is 11.2. The number of hydrogen-bond acceptors (Lipinski definition) is 1. The molecular formula is C24H37NO. The standard InChI is InChI=1S/C24H37NO/c1-3-4-5-6-7-8-9-10-11-12-13-20-25-21(2)14-19-24(25)22-15-17-23(26)18-16-22/h14-19,26H,3-13,20H2,1-2H3. The molecule has 1 heterocycles. The Balaban J connectivity index is 1.64. The van der Waals surface area contributed by atoms with Gasteiger partial charge < -0.3 is 9.67 Å². The van der Waals surface area contributed by atoms with Crippen LogP contribution in [0.4, 0.5) is 0 Å². The number of phenols is 1. The first kappa shape index (κ1) is 20.6. The maximum atomic E-state index is 9.49. The van der Waals surface area contributed by atoms with E-state index in [1.807, 2.05) is 12.1 Å². The summed E-state index contributed by atoms with van der Waals surface area (Å²) in [6, 6.07) is 11.9. The number of unbranched alkanes of at least 4 members (excludes halogenated alkanes) is 10. The SMILES string of the molecule is CCCCCCCCCCCCCn1c(C)ccc1-c1ccc(O)cc1. The molecule has 0 spiro atoms. The van der Waals surface area contributed by atoms with Crippen molar-refractivity contribution in [1.82, 2.24) is 4.57 Å². The molecule has 1 aromatic carbocycles. The lowest BCUT2D eigenvalue weighted by Crippen LogP contribution is -2.02. The van der Waals surface area contributed by atoms with Gasteiger partial charge in [-0.2, -0.15) is 0 Å². The molecule has 0 aliphatic heterocycles. The Morgan fingerprint density at radius 2 is 1.23 bits per heavy atom. The third kappa shape index (κ3) is 6.90. The average molecular weight is 356 g/mol. The van der Waals surface area contributed by atoms with Crippen molar-refractivity contribution in [3.05, 3.63) is 42.1 Å². The number of aromatic hydroxyl groups is 1. The molecule has 0 aliphatic rings. The molecule has 144 valence electrons. The Kier molecular flexibility index (Phi) is 9.38. The molecule has 1 aromatic heterocycles. The highest BCUT2D eigenvalue weighted by Crippen LogP contribution is 2.25. The molecule has 0 saturated carbocycles. The maximum absolute atomic E-state index is 9.49. The third-order valence-corrected chi connectivity index (χ3v) is 5.35. The van der Waals surface area contributed by atoms with Crippen LogP contribution in [-0.2, 0) is 6.54 Å². The number of aromatic nitrogens is 1. The minimum atomic E-state index is 0.328. The molecule has 0 radical (unpaired) electrons. The molecule has 0 aliphatic carbocycles. The molecule has 0 atom stereocenters. The van der Waals surface area contributed by atoms with Gasteiger partial charge in [0.05, 0.1) is 0 Å². The molecule has 2 nitrogen and oxygen atoms in total. The third-order valence-electron chi connectivity index (χ3n) is 5.35. The first-order chi connectivity index (χ1) is 12.7. The van der Waals surface area contributed by atoms with E-state index in [0.717, 1.165) is 6.54 Å². The Morgan fingerprint density at radius 1 is 0.692 bits per heavy atom. The van der Waals surface area contributed by atoms with Gasteiger partial charge >= 0.3 is 0 Å². The minimum Gasteiger partial charge on any atom is -0.508 e. The van der Waals surface area contributed by atoms with Crippen molar-refractivity contribution < 1.29 is 5.11 Å². The fourth-order valence-corrected chi connectivity index (χ4v) is 3.68. The second-order valence-corrected chi connectivity index (χ2v) is 7.59. The van der Waals surface area contributed by atoms with E-state index in [-0.39, 0.29) is 0 Å². The van der Waals surface area contributed by atoms with E-state index in [1.165, 1.54) is 87.6 Å². The second kappa shape index (κ2) is 11.8. The Labute approximate surface area is 160 Å². The molecule has 0 saturated heterocycles. The topological polar surface area (TPSA) is 25.2 Å². The maximum Gasteiger partial charge on any atom is 0.115 e. The first-order valence-corrected chi connectivity index (χ1v) is 10.7. The van der Waals surface area contributed by atoms with Gasteiger partial charge in [-0.05, 0) is 55.3 Å². The van der Waals surface area contributed by atoms with Crippen LogP contribution < -0.4 is 0 Å². The van der Waals surface area contributed by atoms with E-state index in [0.29, 0.717) is 5.75 Å². The van der Waals surface area contributed by atoms with E-state index in [2.05, 4.69) is 30.5 Å². The second-order valence-electron chi connectivity index (χ2n) is 7.59. The molecule has 0 fully saturated rings. The van der Waals surface area contributed by atoms with Gasteiger partial charge in [0, 0.05) is 17.9 Å². The van der Waals surface area contributed by atoms with Gasteiger partial charge in [0.1, 0.15) is 5.75 Å². The Morgan fingerprint density at radius 3 is 1.81 bits per heavy atom. The van der Waals surface area contributed by atoms with Crippen molar-refractivity contribution >= 4 is 0 Å². The predicted octanol–water partition coefficient (Wildman–Crippen LogP) is 7.48. The zero-order chi connectivity index (χ0) is 18.6. The van der Waals surface area contributed by atoms with Crippen molar-refractivity contribution in [3.8, 4) is 17.0 Å². The van der Waals surface area contributed by atoms with E-state index in [1.54, 1.807) is 12.1 Å². The summed E-state index contributed by atoms with van der Waals surface area (Å²) in [4.78, 5) is 0. The van der Waals surface area contributed by atoms with Crippen molar-refractivity contribution in [2.45, 2.75) is 91.0 Å². The molecule has 1 N–H and O–H groups in total. The molecule has 0 bridgehead atoms. The summed E-state index contributed by atoms with van der Waals surface area (Å²) in [6.45, 7) is 5.55. The summed E-state index contributed by atoms with van der Waals surface area (Å²) in [5.41, 5.74) is 3.76. The monoisotopic (exact) mass is 355 g/mol. The van der Waals surface area contributed by atoms with Gasteiger partial charge in [-0.3, -0.25) is 0 Å². The number of rotatable bonds is 13. The number of hydrogen-bond donors (Lipinski definition) is 1. The lowest BCUT2D eigenvalue weighted by Gasteiger charge is -2.12. The summed E-state index contributed by atoms with van der Waals surface area (Å²) in [5, 5.41) is 9.49. The van der Waals surface area contributed by atoms with Gasteiger partial charge in [-0.1, -0.05) is 71.1 Å². The zero-order valence-electron chi connectivity index (χ0n) is 16.8. The fourth-order valence-electron chi connectivity index (χ4n) is 3.68. The van der Waals surface area contributed by atoms with Crippen LogP contribution >= 0.6 is 0 Å². The lowest BCUT2D eigenvalue weighted by molar-refractivity contribution is 0.475. The van der Waals surface area contributed by atoms with Crippen LogP contribution in [0.2, 0.25) is 0 Å². The Bertz CT molecular complexity index is 612. The van der Waals surface area contributed by atoms with Gasteiger partial charge in [0.25, 0.3) is 0 Å². The average Bonchev–Trinajstić information content (AvgIpc) is 3.01. The van der Waals surface area contributed by atoms with Crippen LogP contribution in [0, 0.1) is 6.92 Å². The largest absolute Gasteiger partial charge is 0.508 e. The molecule has 0 amide bonds. The lowest BCUT2D eigenvalue weighted by atomic mass is 10.1. The first-order valence-electron chi connectivity index (χ1n) is 10.7. The summed E-state index contributed by atoms with van der Waals surface area (Å²) in [7, 11) is 0. The van der Waals surface area contributed by atoms with E-state index in [9.17, 15) is 5.11 Å². The summed E-state index contributed by atoms with van der Waals surface area (Å²) in [5.74, 6) is 0.328. The zero-order valence-corrected chi connectivity index (χ0v) is 16.8. The van der Waals surface area contributed by atoms with Crippen LogP contribution in [0.1, 0.15) is 83.2 Å². The van der Waals surface area contributed by atoms with E-state index < -0.39 is 0 Å². The fraction of sp³-hybridized carbons (Fsp3) is 0.583. The summed E-state index contributed by atoms with van der Waals surface area (Å²) in [6.07, 6.45) is 15.2. The van der Waals surface area contributed by atoms with E-state index >= 15 is 0 Å². The van der Waals surface area contributed by atoms with Gasteiger partial charge in [-0.25, -0.2) is 0 Å². The molecule has 2 heteroatoms. The van der Waals surface area contributed by atoms with Crippen molar-refractivity contribution in [3.63, 3.8) is 0 Å². The number of nitrogens with zero attached hydrogens (tertiary/aromatic N) is 1. The highest BCUT2D eigenvalue weighted by atomic mass is 16.3. The Hall–Kier alpha value is -1.70. The summed E-state index contributed by atoms with van der Waals surface area (Å²) < 4.78 is 2.42. The van der Waals surface area contributed by atoms with E-state index in [4.69, 9.17) is 0 Å². The molecule has 26 heavy (non-hydrogen) atoms.